The molecular formula is C23H26N2O3S2. The van der Waals surface area contributed by atoms with Gasteiger partial charge in [0, 0.05) is 11.5 Å². The molecule has 3 aromatic rings. The maximum Gasteiger partial charge on any atom is 0.239 e. The molecule has 0 spiro atoms. The van der Waals surface area contributed by atoms with Gasteiger partial charge in [-0.05, 0) is 62.1 Å². The molecule has 1 amide bonds. The number of hydrogen-bond donors (Lipinski definition) is 0. The molecule has 1 unspecified atom stereocenters. The van der Waals surface area contributed by atoms with Crippen molar-refractivity contribution in [1.29, 1.82) is 0 Å². The zero-order valence-electron chi connectivity index (χ0n) is 17.5. The molecule has 2 heterocycles. The minimum atomic E-state index is 0.0562. The first kappa shape index (κ1) is 21.2. The third kappa shape index (κ3) is 4.63. The van der Waals surface area contributed by atoms with Crippen molar-refractivity contribution in [1.82, 2.24) is 4.98 Å². The van der Waals surface area contributed by atoms with Crippen molar-refractivity contribution in [3.63, 3.8) is 0 Å². The van der Waals surface area contributed by atoms with Crippen molar-refractivity contribution in [2.75, 3.05) is 30.9 Å². The molecule has 0 bridgehead atoms. The zero-order chi connectivity index (χ0) is 21.1. The van der Waals surface area contributed by atoms with Crippen molar-refractivity contribution >= 4 is 44.4 Å². The highest BCUT2D eigenvalue weighted by Gasteiger charge is 2.26. The number of carbonyl (C=O) groups is 1. The fourth-order valence-corrected chi connectivity index (χ4v) is 5.45. The molecule has 30 heavy (non-hydrogen) atoms. The lowest BCUT2D eigenvalue weighted by atomic mass is 10.1. The molecule has 1 aromatic heterocycles. The SMILES string of the molecule is COc1ccc(SCC(=O)N(CC2CCCO2)c2nc3c(C)ccc(C)c3s2)cc1. The van der Waals surface area contributed by atoms with Gasteiger partial charge in [0.05, 0.1) is 35.7 Å². The van der Waals surface area contributed by atoms with Gasteiger partial charge in [0.2, 0.25) is 5.91 Å². The van der Waals surface area contributed by atoms with Crippen LogP contribution in [-0.2, 0) is 9.53 Å². The number of rotatable bonds is 7. The summed E-state index contributed by atoms with van der Waals surface area (Å²) in [7, 11) is 1.65. The number of hydrogen-bond acceptors (Lipinski definition) is 6. The Bertz CT molecular complexity index is 988. The van der Waals surface area contributed by atoms with E-state index in [9.17, 15) is 4.79 Å². The molecule has 5 nitrogen and oxygen atoms in total. The number of thioether (sulfide) groups is 1. The number of aryl methyl sites for hydroxylation is 2. The zero-order valence-corrected chi connectivity index (χ0v) is 19.1. The van der Waals surface area contributed by atoms with E-state index >= 15 is 0 Å². The standard InChI is InChI=1S/C23H26N2O3S2/c1-15-6-7-16(2)22-21(15)24-23(30-22)25(13-18-5-4-12-28-18)20(26)14-29-19-10-8-17(27-3)9-11-19/h6-11,18H,4-5,12-14H2,1-3H3. The summed E-state index contributed by atoms with van der Waals surface area (Å²) in [5.74, 6) is 1.22. The molecule has 158 valence electrons. The molecule has 1 aliphatic heterocycles. The molecule has 0 aliphatic carbocycles. The highest BCUT2D eigenvalue weighted by atomic mass is 32.2. The van der Waals surface area contributed by atoms with Crippen molar-refractivity contribution in [2.24, 2.45) is 0 Å². The van der Waals surface area contributed by atoms with E-state index in [0.717, 1.165) is 51.0 Å². The highest BCUT2D eigenvalue weighted by Crippen LogP contribution is 2.34. The number of aromatic nitrogens is 1. The molecule has 1 atom stereocenters. The Morgan fingerprint density at radius 3 is 2.67 bits per heavy atom. The van der Waals surface area contributed by atoms with Crippen molar-refractivity contribution in [3.05, 3.63) is 47.5 Å². The van der Waals surface area contributed by atoms with Crippen molar-refractivity contribution in [2.45, 2.75) is 37.7 Å². The van der Waals surface area contributed by atoms with Gasteiger partial charge < -0.3 is 9.47 Å². The second-order valence-corrected chi connectivity index (χ2v) is 9.50. The lowest BCUT2D eigenvalue weighted by molar-refractivity contribution is -0.116. The Kier molecular flexibility index (Phi) is 6.61. The summed E-state index contributed by atoms with van der Waals surface area (Å²) in [6, 6.07) is 12.0. The van der Waals surface area contributed by atoms with Crippen LogP contribution in [-0.4, -0.2) is 43.0 Å². The average Bonchev–Trinajstić information content (AvgIpc) is 3.44. The number of ether oxygens (including phenoxy) is 2. The van der Waals surface area contributed by atoms with Crippen LogP contribution in [0.2, 0.25) is 0 Å². The smallest absolute Gasteiger partial charge is 0.239 e. The third-order valence-corrected chi connectivity index (χ3v) is 7.51. The molecule has 7 heteroatoms. The average molecular weight is 443 g/mol. The molecule has 0 N–H and O–H groups in total. The Morgan fingerprint density at radius 2 is 2.00 bits per heavy atom. The van der Waals surface area contributed by atoms with E-state index < -0.39 is 0 Å². The molecule has 2 aromatic carbocycles. The van der Waals surface area contributed by atoms with E-state index in [2.05, 4.69) is 26.0 Å². The monoisotopic (exact) mass is 442 g/mol. The van der Waals surface area contributed by atoms with E-state index in [4.69, 9.17) is 14.5 Å². The van der Waals surface area contributed by atoms with E-state index in [1.54, 1.807) is 18.4 Å². The van der Waals surface area contributed by atoms with Crippen LogP contribution in [0.5, 0.6) is 5.75 Å². The Hall–Kier alpha value is -2.09. The summed E-state index contributed by atoms with van der Waals surface area (Å²) in [5.41, 5.74) is 3.31. The number of nitrogens with zero attached hydrogens (tertiary/aromatic N) is 2. The van der Waals surface area contributed by atoms with E-state index in [1.165, 1.54) is 17.3 Å². The number of fused-ring (bicyclic) bond motifs is 1. The molecule has 1 aliphatic rings. The number of anilines is 1. The maximum atomic E-state index is 13.3. The number of carbonyl (C=O) groups excluding carboxylic acids is 1. The summed E-state index contributed by atoms with van der Waals surface area (Å²) >= 11 is 3.13. The minimum absolute atomic E-state index is 0.0562. The van der Waals surface area contributed by atoms with E-state index in [1.807, 2.05) is 29.2 Å². The predicted octanol–water partition coefficient (Wildman–Crippen LogP) is 5.23. The van der Waals surface area contributed by atoms with Gasteiger partial charge in [-0.15, -0.1) is 11.8 Å². The summed E-state index contributed by atoms with van der Waals surface area (Å²) < 4.78 is 12.2. The van der Waals surface area contributed by atoms with Crippen molar-refractivity contribution in [3.8, 4) is 5.75 Å². The highest BCUT2D eigenvalue weighted by molar-refractivity contribution is 8.00. The molecule has 1 fully saturated rings. The summed E-state index contributed by atoms with van der Waals surface area (Å²) in [6.07, 6.45) is 2.11. The molecule has 4 rings (SSSR count). The summed E-state index contributed by atoms with van der Waals surface area (Å²) in [4.78, 5) is 21.0. The molecule has 0 saturated carbocycles. The fourth-order valence-electron chi connectivity index (χ4n) is 3.54. The molecule has 0 radical (unpaired) electrons. The second-order valence-electron chi connectivity index (χ2n) is 7.48. The topological polar surface area (TPSA) is 51.7 Å². The van der Waals surface area contributed by atoms with Gasteiger partial charge in [-0.3, -0.25) is 9.69 Å². The lowest BCUT2D eigenvalue weighted by Crippen LogP contribution is -2.38. The first-order valence-corrected chi connectivity index (χ1v) is 11.9. The van der Waals surface area contributed by atoms with Crippen LogP contribution in [0.15, 0.2) is 41.3 Å². The minimum Gasteiger partial charge on any atom is -0.497 e. The fraction of sp³-hybridized carbons (Fsp3) is 0.391. The van der Waals surface area contributed by atoms with Gasteiger partial charge in [-0.25, -0.2) is 4.98 Å². The molecule has 1 saturated heterocycles. The Balaban J connectivity index is 1.56. The maximum absolute atomic E-state index is 13.3. The van der Waals surface area contributed by atoms with Crippen LogP contribution < -0.4 is 9.64 Å². The van der Waals surface area contributed by atoms with Crippen LogP contribution in [0.1, 0.15) is 24.0 Å². The van der Waals surface area contributed by atoms with Crippen LogP contribution in [0.4, 0.5) is 5.13 Å². The van der Waals surface area contributed by atoms with Gasteiger partial charge in [-0.1, -0.05) is 23.5 Å². The lowest BCUT2D eigenvalue weighted by Gasteiger charge is -2.23. The normalized spacial score (nSPS) is 16.2. The number of thiazole rings is 1. The van der Waals surface area contributed by atoms with Gasteiger partial charge in [0.15, 0.2) is 5.13 Å². The summed E-state index contributed by atoms with van der Waals surface area (Å²) in [6.45, 7) is 5.48. The number of methoxy groups -OCH3 is 1. The van der Waals surface area contributed by atoms with Crippen LogP contribution >= 0.6 is 23.1 Å². The van der Waals surface area contributed by atoms with Gasteiger partial charge in [-0.2, -0.15) is 0 Å². The Morgan fingerprint density at radius 1 is 1.23 bits per heavy atom. The van der Waals surface area contributed by atoms with Gasteiger partial charge in [0.1, 0.15) is 5.75 Å². The van der Waals surface area contributed by atoms with Crippen LogP contribution in [0, 0.1) is 13.8 Å². The Labute approximate surface area is 185 Å². The number of amides is 1. The quantitative estimate of drug-likeness (QED) is 0.469. The van der Waals surface area contributed by atoms with Crippen molar-refractivity contribution < 1.29 is 14.3 Å². The second kappa shape index (κ2) is 9.37. The van der Waals surface area contributed by atoms with E-state index in [-0.39, 0.29) is 12.0 Å². The first-order valence-electron chi connectivity index (χ1n) is 10.1. The van der Waals surface area contributed by atoms with Gasteiger partial charge >= 0.3 is 0 Å². The number of benzene rings is 2. The van der Waals surface area contributed by atoms with E-state index in [0.29, 0.717) is 12.3 Å². The van der Waals surface area contributed by atoms with Crippen LogP contribution in [0.25, 0.3) is 10.2 Å². The predicted molar refractivity (Wildman–Crippen MR) is 124 cm³/mol. The first-order chi connectivity index (χ1) is 14.5. The van der Waals surface area contributed by atoms with Gasteiger partial charge in [0.25, 0.3) is 0 Å². The third-order valence-electron chi connectivity index (χ3n) is 5.29. The van der Waals surface area contributed by atoms with Crippen LogP contribution in [0.3, 0.4) is 0 Å². The summed E-state index contributed by atoms with van der Waals surface area (Å²) in [5, 5.41) is 0.762. The largest absolute Gasteiger partial charge is 0.497 e. The molecular weight excluding hydrogens is 416 g/mol.